The van der Waals surface area contributed by atoms with Gasteiger partial charge in [-0.25, -0.2) is 4.39 Å². The Morgan fingerprint density at radius 1 is 1.55 bits per heavy atom. The summed E-state index contributed by atoms with van der Waals surface area (Å²) in [6.07, 6.45) is 3.19. The van der Waals surface area contributed by atoms with Gasteiger partial charge in [0.05, 0.1) is 8.49 Å². The molecule has 2 atom stereocenters. The fraction of sp³-hybridized carbons (Fsp3) is 0.538. The standard InChI is InChI=1S/C13H16FIN2O2S/c1-2-20-13-5-3-4-10(13)16-11-6-8(14)9(15)7-12(11)17(18)19/h6-7,10,13,16H,2-5H2,1H3. The van der Waals surface area contributed by atoms with Crippen LogP contribution in [-0.2, 0) is 0 Å². The van der Waals surface area contributed by atoms with Crippen molar-refractivity contribution >= 4 is 45.7 Å². The first-order chi connectivity index (χ1) is 9.52. The number of hydrogen-bond donors (Lipinski definition) is 1. The van der Waals surface area contributed by atoms with E-state index in [2.05, 4.69) is 12.2 Å². The maximum atomic E-state index is 13.7. The highest BCUT2D eigenvalue weighted by atomic mass is 127. The van der Waals surface area contributed by atoms with Crippen LogP contribution in [0.2, 0.25) is 0 Å². The third-order valence-corrected chi connectivity index (χ3v) is 5.56. The van der Waals surface area contributed by atoms with Crippen molar-refractivity contribution in [2.24, 2.45) is 0 Å². The van der Waals surface area contributed by atoms with Crippen LogP contribution in [0.15, 0.2) is 12.1 Å². The molecule has 7 heteroatoms. The molecule has 1 saturated carbocycles. The molecule has 4 nitrogen and oxygen atoms in total. The number of nitro groups is 1. The normalized spacial score (nSPS) is 21.9. The minimum absolute atomic E-state index is 0.0528. The number of nitro benzene ring substituents is 1. The van der Waals surface area contributed by atoms with E-state index in [4.69, 9.17) is 0 Å². The first-order valence-electron chi connectivity index (χ1n) is 6.54. The third kappa shape index (κ3) is 3.55. The monoisotopic (exact) mass is 410 g/mol. The molecule has 1 aliphatic rings. The lowest BCUT2D eigenvalue weighted by molar-refractivity contribution is -0.384. The zero-order chi connectivity index (χ0) is 14.7. The van der Waals surface area contributed by atoms with E-state index in [0.29, 0.717) is 10.9 Å². The van der Waals surface area contributed by atoms with E-state index in [0.717, 1.165) is 25.0 Å². The Morgan fingerprint density at radius 3 is 2.95 bits per heavy atom. The molecule has 0 saturated heterocycles. The molecule has 1 aromatic carbocycles. The summed E-state index contributed by atoms with van der Waals surface area (Å²) in [7, 11) is 0. The summed E-state index contributed by atoms with van der Waals surface area (Å²) in [5.74, 6) is 0.600. The van der Waals surface area contributed by atoms with Crippen LogP contribution in [0.1, 0.15) is 26.2 Å². The Labute approximate surface area is 135 Å². The van der Waals surface area contributed by atoms with Crippen molar-refractivity contribution in [2.45, 2.75) is 37.5 Å². The molecule has 1 aromatic rings. The Kier molecular flexibility index (Phi) is 5.48. The van der Waals surface area contributed by atoms with Gasteiger partial charge in [-0.2, -0.15) is 11.8 Å². The van der Waals surface area contributed by atoms with Crippen LogP contribution < -0.4 is 5.32 Å². The zero-order valence-electron chi connectivity index (χ0n) is 11.1. The molecule has 0 radical (unpaired) electrons. The van der Waals surface area contributed by atoms with Crippen molar-refractivity contribution in [3.63, 3.8) is 0 Å². The summed E-state index contributed by atoms with van der Waals surface area (Å²) in [6.45, 7) is 2.10. The van der Waals surface area contributed by atoms with Crippen molar-refractivity contribution < 1.29 is 9.31 Å². The number of hydrogen-bond acceptors (Lipinski definition) is 4. The van der Waals surface area contributed by atoms with Gasteiger partial charge in [0.2, 0.25) is 0 Å². The lowest BCUT2D eigenvalue weighted by Crippen LogP contribution is -2.26. The summed E-state index contributed by atoms with van der Waals surface area (Å²) >= 11 is 3.63. The van der Waals surface area contributed by atoms with Crippen LogP contribution in [0.25, 0.3) is 0 Å². The molecule has 0 aromatic heterocycles. The number of thioether (sulfide) groups is 1. The Morgan fingerprint density at radius 2 is 2.30 bits per heavy atom. The zero-order valence-corrected chi connectivity index (χ0v) is 14.0. The number of anilines is 1. The Bertz CT molecular complexity index is 515. The fourth-order valence-corrected chi connectivity index (χ4v) is 4.16. The quantitative estimate of drug-likeness (QED) is 0.444. The smallest absolute Gasteiger partial charge is 0.293 e. The van der Waals surface area contributed by atoms with Crippen LogP contribution in [0.5, 0.6) is 0 Å². The second-order valence-corrected chi connectivity index (χ2v) is 7.39. The maximum Gasteiger partial charge on any atom is 0.293 e. The van der Waals surface area contributed by atoms with E-state index in [1.54, 1.807) is 22.6 Å². The topological polar surface area (TPSA) is 55.2 Å². The molecular formula is C13H16FIN2O2S. The summed E-state index contributed by atoms with van der Waals surface area (Å²) in [5, 5.41) is 14.7. The van der Waals surface area contributed by atoms with Crippen LogP contribution in [0.4, 0.5) is 15.8 Å². The Balaban J connectivity index is 2.24. The minimum atomic E-state index is -0.457. The molecule has 110 valence electrons. The van der Waals surface area contributed by atoms with Crippen LogP contribution in [-0.4, -0.2) is 22.0 Å². The highest BCUT2D eigenvalue weighted by molar-refractivity contribution is 14.1. The van der Waals surface area contributed by atoms with Gasteiger partial charge >= 0.3 is 0 Å². The summed E-state index contributed by atoms with van der Waals surface area (Å²) < 4.78 is 13.9. The number of nitrogens with zero attached hydrogens (tertiary/aromatic N) is 1. The van der Waals surface area contributed by atoms with Crippen LogP contribution in [0, 0.1) is 19.5 Å². The molecule has 2 rings (SSSR count). The average Bonchev–Trinajstić information content (AvgIpc) is 2.81. The second-order valence-electron chi connectivity index (χ2n) is 4.72. The molecule has 1 aliphatic carbocycles. The van der Waals surface area contributed by atoms with E-state index in [1.165, 1.54) is 12.1 Å². The molecule has 1 N–H and O–H groups in total. The fourth-order valence-electron chi connectivity index (χ4n) is 2.51. The molecule has 2 unspecified atom stereocenters. The summed E-state index contributed by atoms with van der Waals surface area (Å²) in [6, 6.07) is 2.71. The van der Waals surface area contributed by atoms with Crippen molar-refractivity contribution in [1.82, 2.24) is 0 Å². The first kappa shape index (κ1) is 15.8. The van der Waals surface area contributed by atoms with E-state index in [9.17, 15) is 14.5 Å². The average molecular weight is 410 g/mol. The predicted molar refractivity (Wildman–Crippen MR) is 89.0 cm³/mol. The highest BCUT2D eigenvalue weighted by Gasteiger charge is 2.29. The number of benzene rings is 1. The molecule has 0 amide bonds. The molecule has 0 aliphatic heterocycles. The van der Waals surface area contributed by atoms with Crippen molar-refractivity contribution in [1.29, 1.82) is 0 Å². The lowest BCUT2D eigenvalue weighted by Gasteiger charge is -2.21. The Hall–Kier alpha value is -0.570. The first-order valence-corrected chi connectivity index (χ1v) is 8.67. The molecule has 0 heterocycles. The van der Waals surface area contributed by atoms with E-state index in [1.807, 2.05) is 11.8 Å². The molecule has 1 fully saturated rings. The molecule has 20 heavy (non-hydrogen) atoms. The van der Waals surface area contributed by atoms with Gasteiger partial charge in [-0.1, -0.05) is 13.3 Å². The minimum Gasteiger partial charge on any atom is -0.376 e. The van der Waals surface area contributed by atoms with Crippen LogP contribution >= 0.6 is 34.4 Å². The molecule has 0 spiro atoms. The van der Waals surface area contributed by atoms with E-state index < -0.39 is 10.7 Å². The lowest BCUT2D eigenvalue weighted by atomic mass is 10.2. The van der Waals surface area contributed by atoms with Gasteiger partial charge in [0, 0.05) is 23.4 Å². The SMILES string of the molecule is CCSC1CCCC1Nc1cc(F)c(I)cc1[N+](=O)[O-]. The highest BCUT2D eigenvalue weighted by Crippen LogP contribution is 2.35. The molecular weight excluding hydrogens is 394 g/mol. The second kappa shape index (κ2) is 6.93. The van der Waals surface area contributed by atoms with Crippen LogP contribution in [0.3, 0.4) is 0 Å². The molecule has 0 bridgehead atoms. The third-order valence-electron chi connectivity index (χ3n) is 3.41. The van der Waals surface area contributed by atoms with Crippen molar-refractivity contribution in [3.8, 4) is 0 Å². The van der Waals surface area contributed by atoms with Gasteiger partial charge in [-0.15, -0.1) is 0 Å². The van der Waals surface area contributed by atoms with E-state index in [-0.39, 0.29) is 15.3 Å². The summed E-state index contributed by atoms with van der Waals surface area (Å²) in [4.78, 5) is 10.6. The van der Waals surface area contributed by atoms with Crippen molar-refractivity contribution in [3.05, 3.63) is 31.6 Å². The summed E-state index contributed by atoms with van der Waals surface area (Å²) in [5.41, 5.74) is 0.240. The van der Waals surface area contributed by atoms with Crippen molar-refractivity contribution in [2.75, 3.05) is 11.1 Å². The number of rotatable bonds is 5. The van der Waals surface area contributed by atoms with Gasteiger partial charge in [-0.05, 0) is 41.2 Å². The van der Waals surface area contributed by atoms with Gasteiger partial charge in [0.25, 0.3) is 5.69 Å². The predicted octanol–water partition coefficient (Wildman–Crippen LogP) is 4.42. The number of nitrogens with one attached hydrogen (secondary N) is 1. The van der Waals surface area contributed by atoms with Gasteiger partial charge in [0.1, 0.15) is 11.5 Å². The van der Waals surface area contributed by atoms with Gasteiger partial charge in [0.15, 0.2) is 0 Å². The number of halogens is 2. The van der Waals surface area contributed by atoms with Gasteiger partial charge < -0.3 is 5.32 Å². The van der Waals surface area contributed by atoms with E-state index >= 15 is 0 Å². The van der Waals surface area contributed by atoms with Gasteiger partial charge in [-0.3, -0.25) is 10.1 Å². The maximum absolute atomic E-state index is 13.7. The largest absolute Gasteiger partial charge is 0.376 e.